The Bertz CT molecular complexity index is 376. The number of terminal acetylenes is 1. The van der Waals surface area contributed by atoms with E-state index in [1.165, 1.54) is 24.0 Å². The molecule has 0 unspecified atom stereocenters. The van der Waals surface area contributed by atoms with Crippen molar-refractivity contribution in [2.45, 2.75) is 18.8 Å². The predicted octanol–water partition coefficient (Wildman–Crippen LogP) is 3.19. The zero-order valence-electron chi connectivity index (χ0n) is 7.59. The Labute approximate surface area is 79.3 Å². The Morgan fingerprint density at radius 2 is 2.23 bits per heavy atom. The maximum absolute atomic E-state index is 5.46. The van der Waals surface area contributed by atoms with Gasteiger partial charge in [-0.15, -0.1) is 6.42 Å². The minimum Gasteiger partial charge on any atom is -0.115 e. The summed E-state index contributed by atoms with van der Waals surface area (Å²) in [6, 6.07) is 6.10. The van der Waals surface area contributed by atoms with Crippen LogP contribution in [-0.2, 0) is 0 Å². The van der Waals surface area contributed by atoms with E-state index in [0.717, 1.165) is 5.56 Å². The second kappa shape index (κ2) is 3.11. The van der Waals surface area contributed by atoms with Gasteiger partial charge in [-0.05, 0) is 36.0 Å². The van der Waals surface area contributed by atoms with Gasteiger partial charge in [-0.2, -0.15) is 0 Å². The first kappa shape index (κ1) is 8.13. The van der Waals surface area contributed by atoms with Gasteiger partial charge >= 0.3 is 0 Å². The molecule has 1 aliphatic carbocycles. The summed E-state index contributed by atoms with van der Waals surface area (Å²) < 4.78 is 0. The van der Waals surface area contributed by atoms with Gasteiger partial charge in [-0.3, -0.25) is 0 Å². The Hall–Kier alpha value is -1.48. The third-order valence-electron chi connectivity index (χ3n) is 2.50. The molecular weight excluding hydrogens is 156 g/mol. The van der Waals surface area contributed by atoms with Crippen molar-refractivity contribution in [1.82, 2.24) is 0 Å². The van der Waals surface area contributed by atoms with Crippen LogP contribution in [0.4, 0.5) is 0 Å². The highest BCUT2D eigenvalue weighted by molar-refractivity contribution is 5.59. The molecular formula is C13H12. The zero-order chi connectivity index (χ0) is 9.26. The molecule has 1 aliphatic rings. The van der Waals surface area contributed by atoms with Crippen LogP contribution in [0.3, 0.4) is 0 Å². The zero-order valence-corrected chi connectivity index (χ0v) is 7.59. The van der Waals surface area contributed by atoms with Crippen molar-refractivity contribution < 1.29 is 0 Å². The molecule has 1 aromatic rings. The van der Waals surface area contributed by atoms with Crippen molar-refractivity contribution in [1.29, 1.82) is 0 Å². The number of hydrogen-bond donors (Lipinski definition) is 0. The fraction of sp³-hybridized carbons (Fsp3) is 0.231. The van der Waals surface area contributed by atoms with E-state index in [2.05, 4.69) is 18.6 Å². The quantitative estimate of drug-likeness (QED) is 0.595. The second-order valence-electron chi connectivity index (χ2n) is 3.43. The third-order valence-corrected chi connectivity index (χ3v) is 2.50. The van der Waals surface area contributed by atoms with Crippen molar-refractivity contribution in [2.24, 2.45) is 0 Å². The fourth-order valence-electron chi connectivity index (χ4n) is 1.71. The number of benzene rings is 1. The van der Waals surface area contributed by atoms with Gasteiger partial charge in [0, 0.05) is 5.56 Å². The molecule has 0 saturated heterocycles. The Balaban J connectivity index is 2.58. The lowest BCUT2D eigenvalue weighted by atomic mass is 9.97. The van der Waals surface area contributed by atoms with Crippen LogP contribution in [0.15, 0.2) is 24.8 Å². The van der Waals surface area contributed by atoms with Crippen LogP contribution in [0, 0.1) is 12.3 Å². The van der Waals surface area contributed by atoms with E-state index in [1.54, 1.807) is 0 Å². The summed E-state index contributed by atoms with van der Waals surface area (Å²) in [4.78, 5) is 0. The summed E-state index contributed by atoms with van der Waals surface area (Å²) in [7, 11) is 0. The summed E-state index contributed by atoms with van der Waals surface area (Å²) in [6.07, 6.45) is 9.91. The standard InChI is InChI=1S/C13H12/c1-3-10-6-5-7-11(4-2)13(10)12-8-9-12/h1,4-7,12H,2,8-9H2. The molecule has 0 heterocycles. The molecule has 1 aromatic carbocycles. The molecule has 0 bridgehead atoms. The maximum atomic E-state index is 5.46. The molecule has 2 rings (SSSR count). The summed E-state index contributed by atoms with van der Waals surface area (Å²) in [5, 5.41) is 0. The average Bonchev–Trinajstić information content (AvgIpc) is 3.00. The third kappa shape index (κ3) is 1.38. The summed E-state index contributed by atoms with van der Waals surface area (Å²) >= 11 is 0. The molecule has 0 N–H and O–H groups in total. The lowest BCUT2D eigenvalue weighted by molar-refractivity contribution is 1.11. The van der Waals surface area contributed by atoms with Gasteiger partial charge in [0.2, 0.25) is 0 Å². The van der Waals surface area contributed by atoms with Gasteiger partial charge in [-0.1, -0.05) is 30.7 Å². The Morgan fingerprint density at radius 1 is 1.46 bits per heavy atom. The van der Waals surface area contributed by atoms with Crippen molar-refractivity contribution in [2.75, 3.05) is 0 Å². The number of rotatable bonds is 2. The van der Waals surface area contributed by atoms with Crippen LogP contribution in [-0.4, -0.2) is 0 Å². The van der Waals surface area contributed by atoms with E-state index in [1.807, 2.05) is 18.2 Å². The van der Waals surface area contributed by atoms with E-state index in [-0.39, 0.29) is 0 Å². The molecule has 64 valence electrons. The average molecular weight is 168 g/mol. The predicted molar refractivity (Wildman–Crippen MR) is 56.4 cm³/mol. The Morgan fingerprint density at radius 3 is 2.77 bits per heavy atom. The maximum Gasteiger partial charge on any atom is 0.0283 e. The van der Waals surface area contributed by atoms with E-state index >= 15 is 0 Å². The molecule has 0 radical (unpaired) electrons. The molecule has 0 spiro atoms. The lowest BCUT2D eigenvalue weighted by Crippen LogP contribution is -1.90. The molecule has 13 heavy (non-hydrogen) atoms. The highest BCUT2D eigenvalue weighted by Crippen LogP contribution is 2.43. The summed E-state index contributed by atoms with van der Waals surface area (Å²) in [5.74, 6) is 3.44. The van der Waals surface area contributed by atoms with Crippen molar-refractivity contribution in [3.05, 3.63) is 41.5 Å². The highest BCUT2D eigenvalue weighted by Gasteiger charge is 2.27. The highest BCUT2D eigenvalue weighted by atomic mass is 14.3. The van der Waals surface area contributed by atoms with Crippen molar-refractivity contribution in [3.8, 4) is 12.3 Å². The summed E-state index contributed by atoms with van der Waals surface area (Å²) in [6.45, 7) is 3.81. The first-order chi connectivity index (χ1) is 6.36. The van der Waals surface area contributed by atoms with Crippen LogP contribution < -0.4 is 0 Å². The molecule has 0 amide bonds. The second-order valence-corrected chi connectivity index (χ2v) is 3.43. The molecule has 0 heteroatoms. The van der Waals surface area contributed by atoms with Crippen LogP contribution in [0.2, 0.25) is 0 Å². The minimum absolute atomic E-state index is 0.695. The Kier molecular flexibility index (Phi) is 1.94. The van der Waals surface area contributed by atoms with Crippen LogP contribution in [0.25, 0.3) is 6.08 Å². The molecule has 0 aromatic heterocycles. The van der Waals surface area contributed by atoms with Crippen LogP contribution in [0.1, 0.15) is 35.4 Å². The van der Waals surface area contributed by atoms with E-state index < -0.39 is 0 Å². The smallest absolute Gasteiger partial charge is 0.0283 e. The summed E-state index contributed by atoms with van der Waals surface area (Å²) in [5.41, 5.74) is 3.58. The normalized spacial score (nSPS) is 15.0. The first-order valence-electron chi connectivity index (χ1n) is 4.58. The molecule has 0 aliphatic heterocycles. The van der Waals surface area contributed by atoms with E-state index in [4.69, 9.17) is 6.42 Å². The van der Waals surface area contributed by atoms with Gasteiger partial charge in [0.25, 0.3) is 0 Å². The van der Waals surface area contributed by atoms with Gasteiger partial charge in [0.1, 0.15) is 0 Å². The van der Waals surface area contributed by atoms with Gasteiger partial charge in [0.15, 0.2) is 0 Å². The van der Waals surface area contributed by atoms with Gasteiger partial charge < -0.3 is 0 Å². The lowest BCUT2D eigenvalue weighted by Gasteiger charge is -2.06. The molecule has 0 nitrogen and oxygen atoms in total. The van der Waals surface area contributed by atoms with E-state index in [0.29, 0.717) is 5.92 Å². The van der Waals surface area contributed by atoms with Crippen molar-refractivity contribution in [3.63, 3.8) is 0 Å². The van der Waals surface area contributed by atoms with Crippen LogP contribution in [0.5, 0.6) is 0 Å². The SMILES string of the molecule is C#Cc1cccc(C=C)c1C1CC1. The molecule has 1 saturated carbocycles. The monoisotopic (exact) mass is 168 g/mol. The van der Waals surface area contributed by atoms with Gasteiger partial charge in [0.05, 0.1) is 0 Å². The topological polar surface area (TPSA) is 0 Å². The fourth-order valence-corrected chi connectivity index (χ4v) is 1.71. The first-order valence-corrected chi connectivity index (χ1v) is 4.58. The van der Waals surface area contributed by atoms with Crippen molar-refractivity contribution >= 4 is 6.08 Å². The molecule has 0 atom stereocenters. The minimum atomic E-state index is 0.695. The van der Waals surface area contributed by atoms with Crippen LogP contribution >= 0.6 is 0 Å². The van der Waals surface area contributed by atoms with E-state index in [9.17, 15) is 0 Å². The largest absolute Gasteiger partial charge is 0.115 e. The number of hydrogen-bond acceptors (Lipinski definition) is 0. The molecule has 1 fully saturated rings. The van der Waals surface area contributed by atoms with Gasteiger partial charge in [-0.25, -0.2) is 0 Å².